The molecule has 1 N–H and O–H groups in total. The Hall–Kier alpha value is -4.10. The maximum atomic E-state index is 13.1. The first-order chi connectivity index (χ1) is 17.4. The minimum absolute atomic E-state index is 0.314. The molecular formula is C29H25N3O3S. The second-order valence-corrected chi connectivity index (χ2v) is 9.71. The highest BCUT2D eigenvalue weighted by atomic mass is 32.2. The number of rotatable bonds is 6. The van der Waals surface area contributed by atoms with E-state index in [1.54, 1.807) is 12.1 Å². The number of anilines is 1. The van der Waals surface area contributed by atoms with Crippen LogP contribution >= 0.6 is 11.8 Å². The van der Waals surface area contributed by atoms with Crippen LogP contribution in [0.1, 0.15) is 22.4 Å². The van der Waals surface area contributed by atoms with Crippen molar-refractivity contribution in [2.45, 2.75) is 20.4 Å². The van der Waals surface area contributed by atoms with Crippen molar-refractivity contribution in [1.29, 1.82) is 0 Å². The number of aromatic nitrogens is 1. The van der Waals surface area contributed by atoms with Gasteiger partial charge in [0.05, 0.1) is 4.91 Å². The van der Waals surface area contributed by atoms with Gasteiger partial charge in [-0.1, -0.05) is 66.7 Å². The summed E-state index contributed by atoms with van der Waals surface area (Å²) in [6.07, 6.45) is 1.78. The maximum Gasteiger partial charge on any atom is 0.294 e. The molecule has 1 aliphatic heterocycles. The number of fused-ring (bicyclic) bond motifs is 1. The van der Waals surface area contributed by atoms with Gasteiger partial charge in [0, 0.05) is 34.4 Å². The van der Waals surface area contributed by atoms with Crippen molar-refractivity contribution in [1.82, 2.24) is 9.47 Å². The van der Waals surface area contributed by atoms with E-state index in [0.29, 0.717) is 17.1 Å². The highest BCUT2D eigenvalue weighted by Gasteiger charge is 2.36. The molecule has 180 valence electrons. The molecule has 0 aliphatic carbocycles. The van der Waals surface area contributed by atoms with Crippen molar-refractivity contribution in [3.63, 3.8) is 0 Å². The normalized spacial score (nSPS) is 14.7. The van der Waals surface area contributed by atoms with Gasteiger partial charge in [-0.3, -0.25) is 19.3 Å². The number of nitrogens with one attached hydrogen (secondary N) is 1. The van der Waals surface area contributed by atoms with Crippen LogP contribution in [0.3, 0.4) is 0 Å². The van der Waals surface area contributed by atoms with Gasteiger partial charge in [0.15, 0.2) is 0 Å². The second kappa shape index (κ2) is 9.87. The van der Waals surface area contributed by atoms with Gasteiger partial charge in [-0.25, -0.2) is 0 Å². The summed E-state index contributed by atoms with van der Waals surface area (Å²) in [5, 5.41) is 3.35. The van der Waals surface area contributed by atoms with Crippen LogP contribution in [0, 0.1) is 13.8 Å². The molecule has 1 saturated heterocycles. The number of carbonyl (C=O) groups is 3. The predicted octanol–water partition coefficient (Wildman–Crippen LogP) is 5.98. The fourth-order valence-electron chi connectivity index (χ4n) is 4.42. The van der Waals surface area contributed by atoms with Crippen LogP contribution in [0.15, 0.2) is 83.8 Å². The van der Waals surface area contributed by atoms with E-state index in [2.05, 4.69) is 28.1 Å². The average molecular weight is 496 g/mol. The van der Waals surface area contributed by atoms with Crippen LogP contribution in [0.5, 0.6) is 0 Å². The van der Waals surface area contributed by atoms with E-state index in [-0.39, 0.29) is 6.54 Å². The number of carbonyl (C=O) groups excluding carboxylic acids is 3. The van der Waals surface area contributed by atoms with Gasteiger partial charge in [0.25, 0.3) is 11.1 Å². The molecular weight excluding hydrogens is 470 g/mol. The van der Waals surface area contributed by atoms with Gasteiger partial charge in [-0.05, 0) is 54.9 Å². The Balaban J connectivity index is 1.42. The van der Waals surface area contributed by atoms with Crippen molar-refractivity contribution in [2.75, 3.05) is 11.9 Å². The molecule has 0 radical (unpaired) electrons. The van der Waals surface area contributed by atoms with Gasteiger partial charge < -0.3 is 9.88 Å². The molecule has 0 unspecified atom stereocenters. The summed E-state index contributed by atoms with van der Waals surface area (Å²) in [6, 6.07) is 25.6. The van der Waals surface area contributed by atoms with Crippen molar-refractivity contribution >= 4 is 51.5 Å². The first-order valence-electron chi connectivity index (χ1n) is 11.6. The van der Waals surface area contributed by atoms with Gasteiger partial charge >= 0.3 is 0 Å². The summed E-state index contributed by atoms with van der Waals surface area (Å²) in [5.74, 6) is -0.868. The summed E-state index contributed by atoms with van der Waals surface area (Å²) in [7, 11) is 0. The Bertz CT molecular complexity index is 1520. The van der Waals surface area contributed by atoms with E-state index in [9.17, 15) is 14.4 Å². The number of imide groups is 1. The third-order valence-corrected chi connectivity index (χ3v) is 7.24. The van der Waals surface area contributed by atoms with E-state index in [4.69, 9.17) is 0 Å². The third kappa shape index (κ3) is 4.57. The molecule has 6 nitrogen and oxygen atoms in total. The smallest absolute Gasteiger partial charge is 0.294 e. The number of para-hydroxylation sites is 2. The highest BCUT2D eigenvalue weighted by molar-refractivity contribution is 8.18. The summed E-state index contributed by atoms with van der Waals surface area (Å²) in [6.45, 7) is 4.27. The largest absolute Gasteiger partial charge is 0.340 e. The monoisotopic (exact) mass is 495 g/mol. The van der Waals surface area contributed by atoms with Gasteiger partial charge in [0.2, 0.25) is 5.91 Å². The van der Waals surface area contributed by atoms with Crippen molar-refractivity contribution in [3.8, 4) is 0 Å². The second-order valence-electron chi connectivity index (χ2n) is 8.72. The summed E-state index contributed by atoms with van der Waals surface area (Å²) < 4.78 is 2.22. The van der Waals surface area contributed by atoms with Crippen LogP contribution in [0.25, 0.3) is 17.0 Å². The molecule has 3 aromatic carbocycles. The number of amides is 3. The average Bonchev–Trinajstić information content (AvgIpc) is 3.29. The number of aryl methyl sites for hydroxylation is 1. The van der Waals surface area contributed by atoms with Crippen molar-refractivity contribution < 1.29 is 14.4 Å². The molecule has 1 fully saturated rings. The molecule has 7 heteroatoms. The zero-order valence-corrected chi connectivity index (χ0v) is 20.8. The fraction of sp³-hybridized carbons (Fsp3) is 0.138. The Kier molecular flexibility index (Phi) is 6.48. The molecule has 0 bridgehead atoms. The lowest BCUT2D eigenvalue weighted by atomic mass is 10.1. The molecule has 3 amide bonds. The topological polar surface area (TPSA) is 71.4 Å². The molecule has 0 atom stereocenters. The van der Waals surface area contributed by atoms with E-state index < -0.39 is 17.1 Å². The lowest BCUT2D eigenvalue weighted by Crippen LogP contribution is -2.36. The number of benzene rings is 3. The molecule has 2 heterocycles. The third-order valence-electron chi connectivity index (χ3n) is 6.33. The molecule has 0 spiro atoms. The quantitative estimate of drug-likeness (QED) is 0.334. The van der Waals surface area contributed by atoms with E-state index in [0.717, 1.165) is 44.4 Å². The minimum atomic E-state index is -0.454. The molecule has 36 heavy (non-hydrogen) atoms. The Morgan fingerprint density at radius 3 is 2.39 bits per heavy atom. The maximum absolute atomic E-state index is 13.1. The van der Waals surface area contributed by atoms with Gasteiger partial charge in [-0.2, -0.15) is 0 Å². The number of hydrogen-bond donors (Lipinski definition) is 1. The first kappa shape index (κ1) is 23.6. The number of hydrogen-bond acceptors (Lipinski definition) is 4. The fourth-order valence-corrected chi connectivity index (χ4v) is 5.24. The van der Waals surface area contributed by atoms with Crippen LogP contribution in [-0.4, -0.2) is 33.1 Å². The molecule has 5 rings (SSSR count). The lowest BCUT2D eigenvalue weighted by Gasteiger charge is -2.13. The molecule has 4 aromatic rings. The van der Waals surface area contributed by atoms with Crippen molar-refractivity contribution in [2.24, 2.45) is 0 Å². The van der Waals surface area contributed by atoms with Gasteiger partial charge in [0.1, 0.15) is 6.54 Å². The standard InChI is InChI=1S/C29H25N3O3S/c1-19-10-6-8-14-24(19)30-27(33)18-32-28(34)26(36-29(32)35)16-23-20(2)31(17-21-11-4-3-5-12-21)25-15-9-7-13-22(23)25/h3-16H,17-18H2,1-2H3,(H,30,33)/b26-16-. The summed E-state index contributed by atoms with van der Waals surface area (Å²) >= 11 is 0.868. The van der Waals surface area contributed by atoms with Crippen LogP contribution in [0.2, 0.25) is 0 Å². The SMILES string of the molecule is Cc1ccccc1NC(=O)CN1C(=O)S/C(=C\c2c(C)n(Cc3ccccc3)c3ccccc23)C1=O. The van der Waals surface area contributed by atoms with E-state index >= 15 is 0 Å². The predicted molar refractivity (Wildman–Crippen MR) is 145 cm³/mol. The van der Waals surface area contributed by atoms with Crippen LogP contribution in [-0.2, 0) is 16.1 Å². The summed E-state index contributed by atoms with van der Waals surface area (Å²) in [5.41, 5.74) is 5.70. The Morgan fingerprint density at radius 2 is 1.61 bits per heavy atom. The van der Waals surface area contributed by atoms with E-state index in [1.165, 1.54) is 5.56 Å². The Labute approximate surface area is 213 Å². The molecule has 1 aromatic heterocycles. The van der Waals surface area contributed by atoms with Crippen LogP contribution < -0.4 is 5.32 Å². The van der Waals surface area contributed by atoms with Crippen molar-refractivity contribution in [3.05, 3.63) is 106 Å². The first-order valence-corrected chi connectivity index (χ1v) is 12.5. The molecule has 1 aliphatic rings. The van der Waals surface area contributed by atoms with E-state index in [1.807, 2.05) is 68.4 Å². The van der Waals surface area contributed by atoms with Crippen LogP contribution in [0.4, 0.5) is 10.5 Å². The number of thioether (sulfide) groups is 1. The summed E-state index contributed by atoms with van der Waals surface area (Å²) in [4.78, 5) is 39.7. The number of nitrogens with zero attached hydrogens (tertiary/aromatic N) is 2. The molecule has 0 saturated carbocycles. The lowest BCUT2D eigenvalue weighted by molar-refractivity contribution is -0.127. The zero-order chi connectivity index (χ0) is 25.2. The highest BCUT2D eigenvalue weighted by Crippen LogP contribution is 2.35. The minimum Gasteiger partial charge on any atom is -0.340 e. The Morgan fingerprint density at radius 1 is 0.917 bits per heavy atom. The van der Waals surface area contributed by atoms with Gasteiger partial charge in [-0.15, -0.1) is 0 Å². The zero-order valence-electron chi connectivity index (χ0n) is 20.0.